The molecular formula is C17H28ClN3O3. The quantitative estimate of drug-likeness (QED) is 0.556. The smallest absolute Gasteiger partial charge is 0.255 e. The largest absolute Gasteiger partial charge is 0.493 e. The molecule has 0 radical (unpaired) electrons. The summed E-state index contributed by atoms with van der Waals surface area (Å²) in [7, 11) is 0. The lowest BCUT2D eigenvalue weighted by molar-refractivity contribution is -0.121. The summed E-state index contributed by atoms with van der Waals surface area (Å²) in [6.45, 7) is 5.94. The first kappa shape index (κ1) is 22.2. The van der Waals surface area contributed by atoms with Gasteiger partial charge in [0.1, 0.15) is 5.75 Å². The molecular weight excluding hydrogens is 330 g/mol. The average molecular weight is 358 g/mol. The molecule has 6 nitrogen and oxygen atoms in total. The molecule has 0 saturated carbocycles. The molecule has 0 aliphatic rings. The number of carbonyl (C=O) groups is 2. The first-order valence-corrected chi connectivity index (χ1v) is 8.05. The zero-order valence-corrected chi connectivity index (χ0v) is 15.2. The fraction of sp³-hybridized carbons (Fsp3) is 0.529. The molecule has 7 heteroatoms. The zero-order valence-electron chi connectivity index (χ0n) is 14.3. The van der Waals surface area contributed by atoms with E-state index >= 15 is 0 Å². The molecule has 2 amide bonds. The van der Waals surface area contributed by atoms with Crippen molar-refractivity contribution in [3.63, 3.8) is 0 Å². The summed E-state index contributed by atoms with van der Waals surface area (Å²) >= 11 is 0. The van der Waals surface area contributed by atoms with Crippen LogP contribution in [0.1, 0.15) is 37.0 Å². The Hall–Kier alpha value is -1.79. The van der Waals surface area contributed by atoms with Gasteiger partial charge in [-0.15, -0.1) is 12.4 Å². The Morgan fingerprint density at radius 2 is 1.96 bits per heavy atom. The van der Waals surface area contributed by atoms with E-state index in [2.05, 4.69) is 10.6 Å². The second kappa shape index (κ2) is 12.6. The van der Waals surface area contributed by atoms with Crippen molar-refractivity contribution >= 4 is 24.2 Å². The molecule has 0 aromatic heterocycles. The molecule has 0 aliphatic carbocycles. The number of amides is 2. The number of benzene rings is 1. The molecule has 0 spiro atoms. The first-order chi connectivity index (χ1) is 11.1. The molecule has 136 valence electrons. The molecule has 0 fully saturated rings. The number of hydrogen-bond acceptors (Lipinski definition) is 4. The number of nitrogens with one attached hydrogen (secondary N) is 2. The van der Waals surface area contributed by atoms with E-state index in [0.717, 1.165) is 0 Å². The van der Waals surface area contributed by atoms with Gasteiger partial charge in [0, 0.05) is 19.5 Å². The molecule has 0 bridgehead atoms. The number of hydrogen-bond donors (Lipinski definition) is 3. The van der Waals surface area contributed by atoms with Gasteiger partial charge in [-0.1, -0.05) is 19.1 Å². The van der Waals surface area contributed by atoms with Crippen LogP contribution in [-0.4, -0.2) is 38.1 Å². The van der Waals surface area contributed by atoms with Crippen molar-refractivity contribution in [1.29, 1.82) is 0 Å². The van der Waals surface area contributed by atoms with Gasteiger partial charge in [0.25, 0.3) is 5.91 Å². The molecule has 4 N–H and O–H groups in total. The summed E-state index contributed by atoms with van der Waals surface area (Å²) in [6, 6.07) is 7.11. The molecule has 0 saturated heterocycles. The van der Waals surface area contributed by atoms with E-state index in [1.54, 1.807) is 18.2 Å². The minimum absolute atomic E-state index is 0. The van der Waals surface area contributed by atoms with Crippen molar-refractivity contribution in [3.8, 4) is 5.75 Å². The van der Waals surface area contributed by atoms with Gasteiger partial charge in [-0.05, 0) is 37.9 Å². The highest BCUT2D eigenvalue weighted by Crippen LogP contribution is 2.17. The molecule has 1 rings (SSSR count). The second-order valence-electron chi connectivity index (χ2n) is 5.43. The predicted octanol–water partition coefficient (Wildman–Crippen LogP) is 1.73. The molecule has 1 aromatic rings. The lowest BCUT2D eigenvalue weighted by Crippen LogP contribution is -2.32. The molecule has 0 heterocycles. The van der Waals surface area contributed by atoms with Crippen LogP contribution in [0, 0.1) is 5.92 Å². The van der Waals surface area contributed by atoms with Crippen molar-refractivity contribution < 1.29 is 14.3 Å². The minimum Gasteiger partial charge on any atom is -0.493 e. The van der Waals surface area contributed by atoms with E-state index in [0.29, 0.717) is 50.4 Å². The van der Waals surface area contributed by atoms with Gasteiger partial charge in [-0.2, -0.15) is 0 Å². The maximum atomic E-state index is 12.1. The maximum absolute atomic E-state index is 12.1. The normalized spacial score (nSPS) is 11.1. The number of ether oxygens (including phenoxy) is 1. The van der Waals surface area contributed by atoms with Crippen LogP contribution in [0.5, 0.6) is 5.75 Å². The van der Waals surface area contributed by atoms with Crippen molar-refractivity contribution in [3.05, 3.63) is 29.8 Å². The molecule has 1 aromatic carbocycles. The molecule has 24 heavy (non-hydrogen) atoms. The molecule has 1 atom stereocenters. The van der Waals surface area contributed by atoms with Crippen molar-refractivity contribution in [2.45, 2.75) is 26.7 Å². The van der Waals surface area contributed by atoms with Crippen LogP contribution in [0.4, 0.5) is 0 Å². The van der Waals surface area contributed by atoms with Gasteiger partial charge < -0.3 is 21.1 Å². The Bertz CT molecular complexity index is 512. The third-order valence-corrected chi connectivity index (χ3v) is 3.35. The van der Waals surface area contributed by atoms with Crippen LogP contribution >= 0.6 is 12.4 Å². The van der Waals surface area contributed by atoms with Crippen LogP contribution < -0.4 is 21.1 Å². The Balaban J connectivity index is 0.00000529. The van der Waals surface area contributed by atoms with Crippen molar-refractivity contribution in [1.82, 2.24) is 10.6 Å². The highest BCUT2D eigenvalue weighted by atomic mass is 35.5. The number of halogens is 1. The van der Waals surface area contributed by atoms with Gasteiger partial charge in [0.2, 0.25) is 5.91 Å². The first-order valence-electron chi connectivity index (χ1n) is 8.05. The lowest BCUT2D eigenvalue weighted by atomic mass is 10.1. The van der Waals surface area contributed by atoms with E-state index in [9.17, 15) is 9.59 Å². The molecule has 0 aliphatic heterocycles. The predicted molar refractivity (Wildman–Crippen MR) is 97.7 cm³/mol. The minimum atomic E-state index is -0.189. The topological polar surface area (TPSA) is 93.4 Å². The van der Waals surface area contributed by atoms with E-state index in [1.807, 2.05) is 19.9 Å². The lowest BCUT2D eigenvalue weighted by Gasteiger charge is -2.11. The molecule has 1 unspecified atom stereocenters. The van der Waals surface area contributed by atoms with Crippen LogP contribution in [0.25, 0.3) is 0 Å². The van der Waals surface area contributed by atoms with E-state index < -0.39 is 0 Å². The highest BCUT2D eigenvalue weighted by Gasteiger charge is 2.11. The summed E-state index contributed by atoms with van der Waals surface area (Å²) in [5.41, 5.74) is 6.00. The third-order valence-electron chi connectivity index (χ3n) is 3.35. The van der Waals surface area contributed by atoms with Crippen LogP contribution in [-0.2, 0) is 4.79 Å². The van der Waals surface area contributed by atoms with Crippen LogP contribution in [0.2, 0.25) is 0 Å². The summed E-state index contributed by atoms with van der Waals surface area (Å²) in [6.07, 6.45) is 0.968. The van der Waals surface area contributed by atoms with Crippen molar-refractivity contribution in [2.75, 3.05) is 26.2 Å². The number of carbonyl (C=O) groups excluding carboxylic acids is 2. The van der Waals surface area contributed by atoms with Crippen molar-refractivity contribution in [2.24, 2.45) is 11.7 Å². The fourth-order valence-electron chi connectivity index (χ4n) is 1.94. The van der Waals surface area contributed by atoms with E-state index in [4.69, 9.17) is 10.5 Å². The number of rotatable bonds is 10. The summed E-state index contributed by atoms with van der Waals surface area (Å²) in [5, 5.41) is 5.64. The summed E-state index contributed by atoms with van der Waals surface area (Å²) in [4.78, 5) is 23.8. The SMILES string of the molecule is CCOc1ccccc1C(=O)NCCCC(=O)NCC(C)CN.Cl. The standard InChI is InChI=1S/C17H27N3O3.ClH/c1-3-23-15-8-5-4-7-14(15)17(22)19-10-6-9-16(21)20-12-13(2)11-18;/h4-5,7-8,13H,3,6,9-12,18H2,1-2H3,(H,19,22)(H,20,21);1H. The van der Waals surface area contributed by atoms with E-state index in [1.165, 1.54) is 0 Å². The van der Waals surface area contributed by atoms with Gasteiger partial charge in [0.15, 0.2) is 0 Å². The van der Waals surface area contributed by atoms with Crippen LogP contribution in [0.15, 0.2) is 24.3 Å². The summed E-state index contributed by atoms with van der Waals surface area (Å²) in [5.74, 6) is 0.634. The third kappa shape index (κ3) is 8.17. The monoisotopic (exact) mass is 357 g/mol. The van der Waals surface area contributed by atoms with E-state index in [-0.39, 0.29) is 30.1 Å². The summed E-state index contributed by atoms with van der Waals surface area (Å²) < 4.78 is 5.43. The fourth-order valence-corrected chi connectivity index (χ4v) is 1.94. The average Bonchev–Trinajstić information content (AvgIpc) is 2.57. The Kier molecular flexibility index (Phi) is 11.7. The number of nitrogens with two attached hydrogens (primary N) is 1. The van der Waals surface area contributed by atoms with Crippen LogP contribution in [0.3, 0.4) is 0 Å². The Morgan fingerprint density at radius 1 is 1.25 bits per heavy atom. The number of para-hydroxylation sites is 1. The van der Waals surface area contributed by atoms with Gasteiger partial charge in [-0.3, -0.25) is 9.59 Å². The Morgan fingerprint density at radius 3 is 2.62 bits per heavy atom. The van der Waals surface area contributed by atoms with Gasteiger partial charge in [0.05, 0.1) is 12.2 Å². The second-order valence-corrected chi connectivity index (χ2v) is 5.43. The Labute approximate surface area is 149 Å². The zero-order chi connectivity index (χ0) is 17.1. The highest BCUT2D eigenvalue weighted by molar-refractivity contribution is 5.96. The van der Waals surface area contributed by atoms with Gasteiger partial charge >= 0.3 is 0 Å². The van der Waals surface area contributed by atoms with Gasteiger partial charge in [-0.25, -0.2) is 0 Å². The maximum Gasteiger partial charge on any atom is 0.255 e.